The monoisotopic (exact) mass is 512 g/mol. The summed E-state index contributed by atoms with van der Waals surface area (Å²) in [7, 11) is 0. The van der Waals surface area contributed by atoms with Crippen molar-refractivity contribution >= 4 is 28.7 Å². The average molecular weight is 513 g/mol. The van der Waals surface area contributed by atoms with Gasteiger partial charge in [0.25, 0.3) is 0 Å². The fourth-order valence-corrected chi connectivity index (χ4v) is 4.50. The number of urea groups is 1. The molecule has 2 N–H and O–H groups in total. The highest BCUT2D eigenvalue weighted by Gasteiger charge is 2.30. The number of carbonyl (C=O) groups is 1. The van der Waals surface area contributed by atoms with Crippen molar-refractivity contribution in [3.05, 3.63) is 83.6 Å². The molecule has 0 fully saturated rings. The quantitative estimate of drug-likeness (QED) is 0.218. The van der Waals surface area contributed by atoms with Crippen LogP contribution in [-0.4, -0.2) is 21.2 Å². The lowest BCUT2D eigenvalue weighted by molar-refractivity contribution is -0.137. The van der Waals surface area contributed by atoms with Gasteiger partial charge < -0.3 is 5.32 Å². The Balaban J connectivity index is 1.62. The number of pyridine rings is 1. The summed E-state index contributed by atoms with van der Waals surface area (Å²) < 4.78 is 38.3. The summed E-state index contributed by atoms with van der Waals surface area (Å²) in [6.07, 6.45) is -1.11. The maximum absolute atomic E-state index is 12.8. The number of benzene rings is 2. The van der Waals surface area contributed by atoms with Crippen molar-refractivity contribution in [1.29, 1.82) is 0 Å². The van der Waals surface area contributed by atoms with E-state index in [4.69, 9.17) is 4.98 Å². The van der Waals surface area contributed by atoms with Gasteiger partial charge in [-0.15, -0.1) is 11.3 Å². The number of rotatable bonds is 4. The van der Waals surface area contributed by atoms with E-state index in [2.05, 4.69) is 31.1 Å². The number of nitrogens with zero attached hydrogens (tertiary/aromatic N) is 3. The number of aromatic nitrogens is 2. The Hall–Kier alpha value is -3.76. The summed E-state index contributed by atoms with van der Waals surface area (Å²) in [6.45, 7) is 6.22. The minimum atomic E-state index is -4.48. The first-order chi connectivity index (χ1) is 16.9. The van der Waals surface area contributed by atoms with Gasteiger partial charge in [-0.3, -0.25) is 10.2 Å². The van der Waals surface area contributed by atoms with Gasteiger partial charge in [0.1, 0.15) is 0 Å². The van der Waals surface area contributed by atoms with E-state index in [9.17, 15) is 23.2 Å². The number of hydrogen-bond acceptors (Lipinski definition) is 5. The number of hydrogen-bond donors (Lipinski definition) is 2. The molecular weight excluding hydrogens is 489 g/mol. The van der Waals surface area contributed by atoms with Crippen LogP contribution in [-0.2, 0) is 11.6 Å². The van der Waals surface area contributed by atoms with Gasteiger partial charge in [0.2, 0.25) is 0 Å². The fraction of sp³-hybridized carbons (Fsp3) is 0.192. The largest absolute Gasteiger partial charge is 0.416 e. The van der Waals surface area contributed by atoms with E-state index in [0.29, 0.717) is 5.06 Å². The van der Waals surface area contributed by atoms with Crippen LogP contribution in [0.5, 0.6) is 0 Å². The normalized spacial score (nSPS) is 11.9. The zero-order valence-corrected chi connectivity index (χ0v) is 20.5. The second-order valence-electron chi connectivity index (χ2n) is 9.05. The highest BCUT2D eigenvalue weighted by molar-refractivity contribution is 7.15. The molecule has 6 nitrogen and oxygen atoms in total. The summed E-state index contributed by atoms with van der Waals surface area (Å²) in [5.41, 5.74) is 1.67. The number of hydroxylamine groups is 1. The third kappa shape index (κ3) is 5.55. The number of carbonyl (C=O) groups excluding carboxylic acids is 1. The molecule has 10 heteroatoms. The number of thiazole rings is 1. The SMILES string of the molecule is CC(C)(C)c1nc(-c2ccncc2)c(-c2cccc(N(O)C(=O)Nc3ccc(C(F)(F)F)cc3)c2)s1. The molecule has 2 amide bonds. The summed E-state index contributed by atoms with van der Waals surface area (Å²) in [5.74, 6) is 0. The lowest BCUT2D eigenvalue weighted by Crippen LogP contribution is -2.31. The maximum atomic E-state index is 12.8. The highest BCUT2D eigenvalue weighted by atomic mass is 32.1. The predicted molar refractivity (Wildman–Crippen MR) is 134 cm³/mol. The number of halogens is 3. The van der Waals surface area contributed by atoms with Gasteiger partial charge in [0.05, 0.1) is 26.8 Å². The molecule has 0 aliphatic heterocycles. The third-order valence-electron chi connectivity index (χ3n) is 5.23. The standard InChI is InChI=1S/C26H23F3N4O2S/c1-25(2,3)23-32-21(16-11-13-30-14-12-16)22(36-23)17-5-4-6-20(15-17)33(35)24(34)31-19-9-7-18(8-10-19)26(27,28)29/h4-15,35H,1-3H3,(H,31,34). The molecule has 4 rings (SSSR count). The Labute approximate surface area is 210 Å². The zero-order valence-electron chi connectivity index (χ0n) is 19.7. The van der Waals surface area contributed by atoms with E-state index in [0.717, 1.165) is 51.0 Å². The Bertz CT molecular complexity index is 1360. The molecule has 0 atom stereocenters. The van der Waals surface area contributed by atoms with Crippen LogP contribution < -0.4 is 10.4 Å². The van der Waals surface area contributed by atoms with E-state index in [1.807, 2.05) is 18.2 Å². The van der Waals surface area contributed by atoms with Crippen molar-refractivity contribution in [3.63, 3.8) is 0 Å². The van der Waals surface area contributed by atoms with Crippen LogP contribution in [0.3, 0.4) is 0 Å². The lowest BCUT2D eigenvalue weighted by atomic mass is 9.98. The number of nitrogens with one attached hydrogen (secondary N) is 1. The summed E-state index contributed by atoms with van der Waals surface area (Å²) in [4.78, 5) is 22.4. The van der Waals surface area contributed by atoms with Gasteiger partial charge in [-0.05, 0) is 54.1 Å². The Kier molecular flexibility index (Phi) is 6.83. The van der Waals surface area contributed by atoms with Crippen LogP contribution in [0.2, 0.25) is 0 Å². The molecule has 0 spiro atoms. The van der Waals surface area contributed by atoms with E-state index in [-0.39, 0.29) is 16.8 Å². The Morgan fingerprint density at radius 3 is 2.25 bits per heavy atom. The van der Waals surface area contributed by atoms with Gasteiger partial charge in [-0.1, -0.05) is 32.9 Å². The summed E-state index contributed by atoms with van der Waals surface area (Å²) >= 11 is 1.52. The summed E-state index contributed by atoms with van der Waals surface area (Å²) in [6, 6.07) is 13.5. The van der Waals surface area contributed by atoms with Crippen LogP contribution >= 0.6 is 11.3 Å². The van der Waals surface area contributed by atoms with Crippen LogP contribution in [0.4, 0.5) is 29.3 Å². The zero-order chi connectivity index (χ0) is 26.1. The molecule has 0 bridgehead atoms. The van der Waals surface area contributed by atoms with Crippen molar-refractivity contribution in [2.75, 3.05) is 10.4 Å². The molecule has 0 aliphatic rings. The molecule has 0 saturated carbocycles. The molecule has 0 saturated heterocycles. The molecule has 2 heterocycles. The molecule has 36 heavy (non-hydrogen) atoms. The number of alkyl halides is 3. The third-order valence-corrected chi connectivity index (χ3v) is 6.76. The van der Waals surface area contributed by atoms with Crippen LogP contribution in [0.15, 0.2) is 73.1 Å². The number of anilines is 2. The molecule has 186 valence electrons. The van der Waals surface area contributed by atoms with E-state index in [1.165, 1.54) is 11.3 Å². The van der Waals surface area contributed by atoms with Crippen LogP contribution in [0, 0.1) is 0 Å². The van der Waals surface area contributed by atoms with Crippen molar-refractivity contribution in [1.82, 2.24) is 9.97 Å². The van der Waals surface area contributed by atoms with Crippen molar-refractivity contribution in [2.24, 2.45) is 0 Å². The van der Waals surface area contributed by atoms with Gasteiger partial charge in [0, 0.05) is 29.1 Å². The van der Waals surface area contributed by atoms with Gasteiger partial charge in [0.15, 0.2) is 0 Å². The van der Waals surface area contributed by atoms with Crippen molar-refractivity contribution in [3.8, 4) is 21.7 Å². The molecule has 4 aromatic rings. The minimum absolute atomic E-state index is 0.112. The molecular formula is C26H23F3N4O2S. The second-order valence-corrected chi connectivity index (χ2v) is 10.0. The molecule has 2 aromatic carbocycles. The number of amides is 2. The summed E-state index contributed by atoms with van der Waals surface area (Å²) in [5, 5.41) is 14.3. The van der Waals surface area contributed by atoms with Gasteiger partial charge in [-0.2, -0.15) is 18.2 Å². The predicted octanol–water partition coefficient (Wildman–Crippen LogP) is 7.62. The second kappa shape index (κ2) is 9.71. The average Bonchev–Trinajstić information content (AvgIpc) is 3.30. The first-order valence-electron chi connectivity index (χ1n) is 10.9. The van der Waals surface area contributed by atoms with Crippen LogP contribution in [0.25, 0.3) is 21.7 Å². The lowest BCUT2D eigenvalue weighted by Gasteiger charge is -2.17. The van der Waals surface area contributed by atoms with E-state index < -0.39 is 17.8 Å². The Morgan fingerprint density at radius 2 is 1.64 bits per heavy atom. The van der Waals surface area contributed by atoms with Crippen LogP contribution in [0.1, 0.15) is 31.3 Å². The smallest absolute Gasteiger partial charge is 0.306 e. The van der Waals surface area contributed by atoms with E-state index >= 15 is 0 Å². The molecule has 0 unspecified atom stereocenters. The fourth-order valence-electron chi connectivity index (χ4n) is 3.36. The topological polar surface area (TPSA) is 78.3 Å². The molecule has 2 aromatic heterocycles. The Morgan fingerprint density at radius 1 is 0.972 bits per heavy atom. The minimum Gasteiger partial charge on any atom is -0.306 e. The van der Waals surface area contributed by atoms with Crippen molar-refractivity contribution < 1.29 is 23.2 Å². The van der Waals surface area contributed by atoms with E-state index in [1.54, 1.807) is 30.6 Å². The van der Waals surface area contributed by atoms with Gasteiger partial charge >= 0.3 is 12.2 Å². The molecule has 0 radical (unpaired) electrons. The maximum Gasteiger partial charge on any atom is 0.416 e. The molecule has 0 aliphatic carbocycles. The van der Waals surface area contributed by atoms with Crippen molar-refractivity contribution in [2.45, 2.75) is 32.4 Å². The van der Waals surface area contributed by atoms with Gasteiger partial charge in [-0.25, -0.2) is 9.78 Å². The first-order valence-corrected chi connectivity index (χ1v) is 11.7. The highest BCUT2D eigenvalue weighted by Crippen LogP contribution is 2.41. The first kappa shape index (κ1) is 25.3.